The van der Waals surface area contributed by atoms with Gasteiger partial charge in [0.2, 0.25) is 0 Å². The lowest BCUT2D eigenvalue weighted by molar-refractivity contribution is 0.374. The fourth-order valence-corrected chi connectivity index (χ4v) is 4.18. The summed E-state index contributed by atoms with van der Waals surface area (Å²) in [4.78, 5) is 2.38. The van der Waals surface area contributed by atoms with Crippen LogP contribution in [0.25, 0.3) is 0 Å². The van der Waals surface area contributed by atoms with Crippen molar-refractivity contribution in [2.24, 2.45) is 0 Å². The van der Waals surface area contributed by atoms with Crippen LogP contribution in [-0.4, -0.2) is 40.1 Å². The Morgan fingerprint density at radius 2 is 2.12 bits per heavy atom. The van der Waals surface area contributed by atoms with Gasteiger partial charge in [-0.25, -0.2) is 0 Å². The topological polar surface area (TPSA) is 15.3 Å². The van der Waals surface area contributed by atoms with Gasteiger partial charge in [0.15, 0.2) is 5.11 Å². The summed E-state index contributed by atoms with van der Waals surface area (Å²) in [5, 5.41) is 5.36. The van der Waals surface area contributed by atoms with E-state index in [2.05, 4.69) is 28.9 Å². The van der Waals surface area contributed by atoms with Gasteiger partial charge in [0.05, 0.1) is 0 Å². The van der Waals surface area contributed by atoms with Crippen molar-refractivity contribution in [1.82, 2.24) is 10.2 Å². The Labute approximate surface area is 115 Å². The fourth-order valence-electron chi connectivity index (χ4n) is 2.66. The molecule has 0 radical (unpaired) electrons. The van der Waals surface area contributed by atoms with E-state index in [0.717, 1.165) is 23.5 Å². The van der Waals surface area contributed by atoms with Gasteiger partial charge in [-0.05, 0) is 31.5 Å². The van der Waals surface area contributed by atoms with Gasteiger partial charge in [0, 0.05) is 30.1 Å². The molecular weight excluding hydrogens is 248 g/mol. The molecule has 4 heteroatoms. The molecule has 1 aliphatic carbocycles. The van der Waals surface area contributed by atoms with Crippen molar-refractivity contribution in [3.05, 3.63) is 0 Å². The summed E-state index contributed by atoms with van der Waals surface area (Å²) in [5.74, 6) is 1.23. The van der Waals surface area contributed by atoms with Crippen LogP contribution < -0.4 is 5.32 Å². The predicted molar refractivity (Wildman–Crippen MR) is 80.7 cm³/mol. The van der Waals surface area contributed by atoms with Crippen LogP contribution in [0.2, 0.25) is 0 Å². The normalized spacial score (nSPS) is 26.9. The first-order chi connectivity index (χ1) is 8.29. The minimum Gasteiger partial charge on any atom is -0.360 e. The lowest BCUT2D eigenvalue weighted by atomic mass is 9.96. The minimum atomic E-state index is 0.644. The molecule has 1 N–H and O–H groups in total. The molecule has 1 saturated heterocycles. The molecule has 2 nitrogen and oxygen atoms in total. The second-order valence-corrected chi connectivity index (χ2v) is 6.93. The summed E-state index contributed by atoms with van der Waals surface area (Å²) in [6, 6.07) is 0.644. The zero-order valence-corrected chi connectivity index (χ0v) is 12.4. The molecule has 0 aromatic rings. The Morgan fingerprint density at radius 3 is 2.82 bits per heavy atom. The smallest absolute Gasteiger partial charge is 0.169 e. The summed E-state index contributed by atoms with van der Waals surface area (Å²) >= 11 is 7.66. The van der Waals surface area contributed by atoms with E-state index in [9.17, 15) is 0 Å². The van der Waals surface area contributed by atoms with Crippen LogP contribution in [0.3, 0.4) is 0 Å². The van der Waals surface area contributed by atoms with E-state index in [1.165, 1.54) is 44.3 Å². The second kappa shape index (κ2) is 6.83. The molecule has 0 aromatic heterocycles. The van der Waals surface area contributed by atoms with Crippen molar-refractivity contribution in [2.75, 3.05) is 18.8 Å². The molecule has 1 heterocycles. The monoisotopic (exact) mass is 272 g/mol. The molecule has 1 saturated carbocycles. The van der Waals surface area contributed by atoms with E-state index in [1.807, 2.05) is 0 Å². The third-order valence-electron chi connectivity index (χ3n) is 3.81. The Bertz CT molecular complexity index is 252. The van der Waals surface area contributed by atoms with Gasteiger partial charge in [-0.15, -0.1) is 0 Å². The first-order valence-corrected chi connectivity index (χ1v) is 8.42. The summed E-state index contributed by atoms with van der Waals surface area (Å²) in [5.41, 5.74) is 0. The maximum Gasteiger partial charge on any atom is 0.169 e. The molecule has 1 atom stereocenters. The number of hydrogen-bond donors (Lipinski definition) is 1. The molecule has 2 rings (SSSR count). The molecule has 1 aliphatic heterocycles. The molecule has 0 amide bonds. The molecule has 2 fully saturated rings. The molecule has 0 bridgehead atoms. The standard InChI is InChI=1S/C13H24N2S2/c1-2-12-10-15(8-9-17-12)13(16)14-11-6-4-3-5-7-11/h11-12H,2-10H2,1H3,(H,14,16). The predicted octanol–water partition coefficient (Wildman–Crippen LogP) is 3.02. The van der Waals surface area contributed by atoms with Crippen LogP contribution in [0.5, 0.6) is 0 Å². The third kappa shape index (κ3) is 4.02. The highest BCUT2D eigenvalue weighted by Crippen LogP contribution is 2.22. The number of hydrogen-bond acceptors (Lipinski definition) is 2. The van der Waals surface area contributed by atoms with Crippen LogP contribution in [0.4, 0.5) is 0 Å². The summed E-state index contributed by atoms with van der Waals surface area (Å²) in [6.07, 6.45) is 8.01. The largest absolute Gasteiger partial charge is 0.360 e. The quantitative estimate of drug-likeness (QED) is 0.777. The molecule has 0 aromatic carbocycles. The molecule has 98 valence electrons. The van der Waals surface area contributed by atoms with E-state index in [-0.39, 0.29) is 0 Å². The first kappa shape index (κ1) is 13.5. The summed E-state index contributed by atoms with van der Waals surface area (Å²) in [6.45, 7) is 4.54. The highest BCUT2D eigenvalue weighted by Gasteiger charge is 2.22. The lowest BCUT2D eigenvalue weighted by Gasteiger charge is -2.36. The van der Waals surface area contributed by atoms with Crippen LogP contribution in [-0.2, 0) is 0 Å². The van der Waals surface area contributed by atoms with Crippen LogP contribution in [0, 0.1) is 0 Å². The molecule has 17 heavy (non-hydrogen) atoms. The number of thioether (sulfide) groups is 1. The van der Waals surface area contributed by atoms with Gasteiger partial charge in [0.1, 0.15) is 0 Å². The van der Waals surface area contributed by atoms with Crippen molar-refractivity contribution in [2.45, 2.75) is 56.7 Å². The average Bonchev–Trinajstić information content (AvgIpc) is 2.40. The number of nitrogens with one attached hydrogen (secondary N) is 1. The highest BCUT2D eigenvalue weighted by atomic mass is 32.2. The highest BCUT2D eigenvalue weighted by molar-refractivity contribution is 8.00. The van der Waals surface area contributed by atoms with E-state index in [1.54, 1.807) is 0 Å². The van der Waals surface area contributed by atoms with E-state index in [4.69, 9.17) is 12.2 Å². The number of rotatable bonds is 2. The minimum absolute atomic E-state index is 0.644. The van der Waals surface area contributed by atoms with Crippen molar-refractivity contribution >= 4 is 29.1 Å². The zero-order valence-electron chi connectivity index (χ0n) is 10.8. The summed E-state index contributed by atoms with van der Waals surface area (Å²) < 4.78 is 0. The van der Waals surface area contributed by atoms with Crippen LogP contribution in [0.1, 0.15) is 45.4 Å². The Kier molecular flexibility index (Phi) is 5.42. The van der Waals surface area contributed by atoms with Crippen LogP contribution >= 0.6 is 24.0 Å². The maximum absolute atomic E-state index is 5.56. The maximum atomic E-state index is 5.56. The van der Waals surface area contributed by atoms with Gasteiger partial charge in [-0.3, -0.25) is 0 Å². The van der Waals surface area contributed by atoms with Crippen molar-refractivity contribution in [3.63, 3.8) is 0 Å². The van der Waals surface area contributed by atoms with Gasteiger partial charge in [-0.2, -0.15) is 11.8 Å². The Hall–Kier alpha value is 0.0400. The summed E-state index contributed by atoms with van der Waals surface area (Å²) in [7, 11) is 0. The number of nitrogens with zero attached hydrogens (tertiary/aromatic N) is 1. The fraction of sp³-hybridized carbons (Fsp3) is 0.923. The second-order valence-electron chi connectivity index (χ2n) is 5.13. The average molecular weight is 272 g/mol. The van der Waals surface area contributed by atoms with E-state index < -0.39 is 0 Å². The van der Waals surface area contributed by atoms with Gasteiger partial charge in [-0.1, -0.05) is 26.2 Å². The Morgan fingerprint density at radius 1 is 1.35 bits per heavy atom. The molecule has 1 unspecified atom stereocenters. The van der Waals surface area contributed by atoms with E-state index in [0.29, 0.717) is 6.04 Å². The molecular formula is C13H24N2S2. The molecule has 2 aliphatic rings. The van der Waals surface area contributed by atoms with E-state index >= 15 is 0 Å². The third-order valence-corrected chi connectivity index (χ3v) is 5.56. The number of thiocarbonyl (C=S) groups is 1. The van der Waals surface area contributed by atoms with Crippen molar-refractivity contribution in [3.8, 4) is 0 Å². The van der Waals surface area contributed by atoms with Crippen molar-refractivity contribution < 1.29 is 0 Å². The SMILES string of the molecule is CCC1CN(C(=S)NC2CCCCC2)CCS1. The van der Waals surface area contributed by atoms with Crippen LogP contribution in [0.15, 0.2) is 0 Å². The van der Waals surface area contributed by atoms with Gasteiger partial charge >= 0.3 is 0 Å². The van der Waals surface area contributed by atoms with Gasteiger partial charge in [0.25, 0.3) is 0 Å². The van der Waals surface area contributed by atoms with Crippen molar-refractivity contribution in [1.29, 1.82) is 0 Å². The first-order valence-electron chi connectivity index (χ1n) is 6.96. The zero-order chi connectivity index (χ0) is 12.1. The molecule has 0 spiro atoms. The van der Waals surface area contributed by atoms with Gasteiger partial charge < -0.3 is 10.2 Å². The Balaban J connectivity index is 1.78. The lowest BCUT2D eigenvalue weighted by Crippen LogP contribution is -2.49.